The quantitative estimate of drug-likeness (QED) is 0.221. The fraction of sp³-hybridized carbons (Fsp3) is 0.655. The number of ether oxygens (including phenoxy) is 4. The summed E-state index contributed by atoms with van der Waals surface area (Å²) in [5, 5.41) is 0.174. The molecule has 2 rings (SSSR count). The van der Waals surface area contributed by atoms with E-state index < -0.39 is 14.1 Å². The number of hydrogen-bond donors (Lipinski definition) is 0. The maximum Gasteiger partial charge on any atom is 0.192 e. The lowest BCUT2D eigenvalue weighted by atomic mass is 10.0. The van der Waals surface area contributed by atoms with Gasteiger partial charge in [0.15, 0.2) is 14.1 Å². The number of benzene rings is 1. The van der Waals surface area contributed by atoms with Gasteiger partial charge in [-0.1, -0.05) is 58.1 Å². The molecule has 0 aliphatic carbocycles. The highest BCUT2D eigenvalue weighted by Gasteiger charge is 2.44. The molecule has 6 heteroatoms. The Morgan fingerprint density at radius 1 is 1.09 bits per heavy atom. The summed E-state index contributed by atoms with van der Waals surface area (Å²) in [7, 11) is -0.183. The molecule has 0 aromatic heterocycles. The van der Waals surface area contributed by atoms with Crippen molar-refractivity contribution in [3.8, 4) is 5.75 Å². The molecule has 0 unspecified atom stereocenters. The van der Waals surface area contributed by atoms with Crippen LogP contribution in [0.4, 0.5) is 0 Å². The summed E-state index contributed by atoms with van der Waals surface area (Å²) >= 11 is 0. The molecule has 1 aromatic rings. The van der Waals surface area contributed by atoms with E-state index in [1.54, 1.807) is 7.11 Å². The molecule has 0 bridgehead atoms. The van der Waals surface area contributed by atoms with Crippen LogP contribution in [-0.2, 0) is 25.2 Å². The molecule has 0 spiro atoms. The van der Waals surface area contributed by atoms with Gasteiger partial charge in [-0.15, -0.1) is 6.58 Å². The van der Waals surface area contributed by atoms with E-state index in [-0.39, 0.29) is 35.4 Å². The van der Waals surface area contributed by atoms with Crippen LogP contribution in [0.2, 0.25) is 18.1 Å². The molecule has 5 atom stereocenters. The van der Waals surface area contributed by atoms with Crippen molar-refractivity contribution in [3.05, 3.63) is 54.6 Å². The fourth-order valence-electron chi connectivity index (χ4n) is 3.85. The highest BCUT2D eigenvalue weighted by atomic mass is 28.4. The van der Waals surface area contributed by atoms with Crippen LogP contribution in [0.15, 0.2) is 49.1 Å². The second-order valence-electron chi connectivity index (χ2n) is 11.6. The third-order valence-corrected chi connectivity index (χ3v) is 11.8. The first-order valence-electron chi connectivity index (χ1n) is 12.8. The third-order valence-electron chi connectivity index (χ3n) is 7.18. The smallest absolute Gasteiger partial charge is 0.192 e. The van der Waals surface area contributed by atoms with E-state index in [1.165, 1.54) is 0 Å². The molecular weight excluding hydrogens is 456 g/mol. The topological polar surface area (TPSA) is 46.2 Å². The van der Waals surface area contributed by atoms with E-state index in [0.717, 1.165) is 11.3 Å². The first kappa shape index (κ1) is 29.8. The van der Waals surface area contributed by atoms with E-state index >= 15 is 0 Å². The van der Waals surface area contributed by atoms with Crippen LogP contribution in [0.5, 0.6) is 5.75 Å². The average molecular weight is 505 g/mol. The zero-order valence-electron chi connectivity index (χ0n) is 23.6. The lowest BCUT2D eigenvalue weighted by Gasteiger charge is -2.39. The van der Waals surface area contributed by atoms with Crippen molar-refractivity contribution >= 4 is 8.32 Å². The predicted octanol–water partition coefficient (Wildman–Crippen LogP) is 7.28. The number of rotatable bonds is 12. The van der Waals surface area contributed by atoms with Crippen molar-refractivity contribution in [2.45, 2.75) is 110 Å². The van der Waals surface area contributed by atoms with Gasteiger partial charge in [-0.05, 0) is 68.9 Å². The lowest BCUT2D eigenvalue weighted by molar-refractivity contribution is -0.156. The van der Waals surface area contributed by atoms with Crippen molar-refractivity contribution in [3.63, 3.8) is 0 Å². The minimum Gasteiger partial charge on any atom is -0.497 e. The Hall–Kier alpha value is -1.44. The molecule has 0 N–H and O–H groups in total. The van der Waals surface area contributed by atoms with Gasteiger partial charge in [0.2, 0.25) is 0 Å². The predicted molar refractivity (Wildman–Crippen MR) is 146 cm³/mol. The Morgan fingerprint density at radius 3 is 2.26 bits per heavy atom. The SMILES string of the molecule is C=CC[C@@H]1OC(C)(C)O[C@@H]1[C@@H](C=C[C@@H](C)[C@@H](C)O[Si](C)(C)C(C)(C)C)OCc1ccc(OC)cc1. The Labute approximate surface area is 215 Å². The molecule has 0 saturated carbocycles. The van der Waals surface area contributed by atoms with Gasteiger partial charge in [0, 0.05) is 6.10 Å². The third kappa shape index (κ3) is 8.57. The summed E-state index contributed by atoms with van der Waals surface area (Å²) in [6.07, 6.45) is 6.39. The van der Waals surface area contributed by atoms with E-state index in [9.17, 15) is 0 Å². The fourth-order valence-corrected chi connectivity index (χ4v) is 5.35. The van der Waals surface area contributed by atoms with Gasteiger partial charge in [-0.25, -0.2) is 0 Å². The highest BCUT2D eigenvalue weighted by Crippen LogP contribution is 2.38. The Balaban J connectivity index is 2.20. The van der Waals surface area contributed by atoms with Gasteiger partial charge in [0.05, 0.1) is 19.8 Å². The highest BCUT2D eigenvalue weighted by molar-refractivity contribution is 6.74. The molecule has 5 nitrogen and oxygen atoms in total. The standard InChI is InChI=1S/C29H48O5Si/c1-12-13-26-27(33-29(7,8)32-26)25(31-20-23-15-17-24(30-9)18-16-23)19-14-21(2)22(3)34-35(10,11)28(4,5)6/h12,14-19,21-22,25-27H,1,13,20H2,2-11H3/t21-,22-,25-,26+,27-/m1/s1. The number of hydrogen-bond acceptors (Lipinski definition) is 5. The van der Waals surface area contributed by atoms with Gasteiger partial charge in [0.25, 0.3) is 0 Å². The van der Waals surface area contributed by atoms with E-state index in [2.05, 4.69) is 66.4 Å². The summed E-state index contributed by atoms with van der Waals surface area (Å²) in [5.41, 5.74) is 1.07. The van der Waals surface area contributed by atoms with E-state index in [0.29, 0.717) is 13.0 Å². The minimum absolute atomic E-state index is 0.107. The summed E-state index contributed by atoms with van der Waals surface area (Å²) in [5.74, 6) is 0.387. The van der Waals surface area contributed by atoms with Crippen LogP contribution < -0.4 is 4.74 Å². The Bertz CT molecular complexity index is 824. The van der Waals surface area contributed by atoms with Crippen LogP contribution in [0.25, 0.3) is 0 Å². The lowest BCUT2D eigenvalue weighted by Crippen LogP contribution is -2.44. The molecule has 1 saturated heterocycles. The van der Waals surface area contributed by atoms with Crippen LogP contribution in [0.1, 0.15) is 60.5 Å². The Kier molecular flexibility index (Phi) is 10.4. The first-order valence-corrected chi connectivity index (χ1v) is 15.7. The summed E-state index contributed by atoms with van der Waals surface area (Å²) in [6.45, 7) is 24.1. The molecule has 1 heterocycles. The van der Waals surface area contributed by atoms with Gasteiger partial charge < -0.3 is 23.4 Å². The first-order chi connectivity index (χ1) is 16.2. The summed E-state index contributed by atoms with van der Waals surface area (Å²) in [6, 6.07) is 7.94. The van der Waals surface area contributed by atoms with Gasteiger partial charge in [-0.2, -0.15) is 0 Å². The summed E-state index contributed by atoms with van der Waals surface area (Å²) < 4.78 is 30.9. The maximum atomic E-state index is 6.63. The van der Waals surface area contributed by atoms with Crippen LogP contribution in [0, 0.1) is 5.92 Å². The normalized spacial score (nSPS) is 23.3. The monoisotopic (exact) mass is 504 g/mol. The molecule has 1 fully saturated rings. The van der Waals surface area contributed by atoms with Crippen molar-refractivity contribution in [1.29, 1.82) is 0 Å². The molecule has 1 aliphatic heterocycles. The molecule has 1 aliphatic rings. The molecule has 0 radical (unpaired) electrons. The molecule has 35 heavy (non-hydrogen) atoms. The summed E-state index contributed by atoms with van der Waals surface area (Å²) in [4.78, 5) is 0. The van der Waals surface area contributed by atoms with Crippen LogP contribution in [-0.4, -0.2) is 45.6 Å². The zero-order valence-corrected chi connectivity index (χ0v) is 24.6. The Morgan fingerprint density at radius 2 is 1.71 bits per heavy atom. The second-order valence-corrected chi connectivity index (χ2v) is 16.4. The van der Waals surface area contributed by atoms with E-state index in [4.69, 9.17) is 23.4 Å². The second kappa shape index (κ2) is 12.2. The zero-order chi connectivity index (χ0) is 26.4. The minimum atomic E-state index is -1.85. The van der Waals surface area contributed by atoms with Crippen molar-refractivity contribution < 1.29 is 23.4 Å². The van der Waals surface area contributed by atoms with Gasteiger partial charge in [-0.3, -0.25) is 0 Å². The average Bonchev–Trinajstić information content (AvgIpc) is 3.07. The van der Waals surface area contributed by atoms with Crippen molar-refractivity contribution in [2.24, 2.45) is 5.92 Å². The molecule has 1 aromatic carbocycles. The molecular formula is C29H48O5Si. The van der Waals surface area contributed by atoms with Crippen LogP contribution in [0.3, 0.4) is 0 Å². The van der Waals surface area contributed by atoms with Crippen molar-refractivity contribution in [2.75, 3.05) is 7.11 Å². The largest absolute Gasteiger partial charge is 0.497 e. The van der Waals surface area contributed by atoms with Crippen LogP contribution >= 0.6 is 0 Å². The van der Waals surface area contributed by atoms with E-state index in [1.807, 2.05) is 44.2 Å². The molecule has 0 amide bonds. The van der Waals surface area contributed by atoms with Crippen molar-refractivity contribution in [1.82, 2.24) is 0 Å². The number of methoxy groups -OCH3 is 1. The molecule has 198 valence electrons. The van der Waals surface area contributed by atoms with Gasteiger partial charge >= 0.3 is 0 Å². The maximum absolute atomic E-state index is 6.63. The van der Waals surface area contributed by atoms with Gasteiger partial charge in [0.1, 0.15) is 18.0 Å².